The molecule has 1 aliphatic rings. The van der Waals surface area contributed by atoms with Gasteiger partial charge >= 0.3 is 0 Å². The molecule has 0 radical (unpaired) electrons. The number of hydrogen-bond donors (Lipinski definition) is 1. The maximum atomic E-state index is 6.04. The number of nitrogens with two attached hydrogens (primary N) is 1. The van der Waals surface area contributed by atoms with Crippen molar-refractivity contribution in [3.05, 3.63) is 29.3 Å². The van der Waals surface area contributed by atoms with Crippen LogP contribution in [0.15, 0.2) is 23.1 Å². The number of rotatable bonds is 0. The molecule has 0 aliphatic carbocycles. The summed E-state index contributed by atoms with van der Waals surface area (Å²) in [5.41, 5.74) is 8.72. The number of thioether (sulfide) groups is 1. The zero-order valence-corrected chi connectivity index (χ0v) is 8.19. The van der Waals surface area contributed by atoms with Gasteiger partial charge in [-0.2, -0.15) is 0 Å². The van der Waals surface area contributed by atoms with Crippen LogP contribution in [-0.4, -0.2) is 5.25 Å². The summed E-state index contributed by atoms with van der Waals surface area (Å²) in [5.74, 6) is 0. The molecule has 2 rings (SSSR count). The highest BCUT2D eigenvalue weighted by Crippen LogP contribution is 2.43. The topological polar surface area (TPSA) is 26.0 Å². The van der Waals surface area contributed by atoms with Gasteiger partial charge in [-0.3, -0.25) is 0 Å². The Labute approximate surface area is 77.3 Å². The Balaban J connectivity index is 2.53. The fraction of sp³-hybridized carbons (Fsp3) is 0.400. The van der Waals surface area contributed by atoms with Crippen molar-refractivity contribution in [3.8, 4) is 0 Å². The predicted octanol–water partition coefficient (Wildman–Crippen LogP) is 2.49. The van der Waals surface area contributed by atoms with Gasteiger partial charge in [-0.1, -0.05) is 25.1 Å². The summed E-state index contributed by atoms with van der Waals surface area (Å²) < 4.78 is 0. The molecule has 1 aromatic rings. The maximum Gasteiger partial charge on any atom is 0.0427 e. The highest BCUT2D eigenvalue weighted by Gasteiger charge is 2.27. The first kappa shape index (κ1) is 8.14. The van der Waals surface area contributed by atoms with E-state index in [-0.39, 0.29) is 6.04 Å². The Morgan fingerprint density at radius 1 is 1.42 bits per heavy atom. The summed E-state index contributed by atoms with van der Waals surface area (Å²) in [6.07, 6.45) is 0. The molecule has 2 heteroatoms. The molecule has 1 aliphatic heterocycles. The molecule has 1 aromatic carbocycles. The number of aryl methyl sites for hydroxylation is 1. The highest BCUT2D eigenvalue weighted by molar-refractivity contribution is 8.00. The second-order valence-electron chi connectivity index (χ2n) is 3.34. The van der Waals surface area contributed by atoms with E-state index in [1.54, 1.807) is 0 Å². The van der Waals surface area contributed by atoms with Crippen LogP contribution >= 0.6 is 11.8 Å². The minimum atomic E-state index is 0.227. The van der Waals surface area contributed by atoms with Crippen molar-refractivity contribution in [1.29, 1.82) is 0 Å². The average molecular weight is 179 g/mol. The van der Waals surface area contributed by atoms with Crippen LogP contribution in [0.1, 0.15) is 24.1 Å². The Morgan fingerprint density at radius 2 is 2.17 bits per heavy atom. The molecule has 0 aromatic heterocycles. The molecule has 0 amide bonds. The van der Waals surface area contributed by atoms with E-state index >= 15 is 0 Å². The van der Waals surface area contributed by atoms with Crippen molar-refractivity contribution in [1.82, 2.24) is 0 Å². The van der Waals surface area contributed by atoms with Gasteiger partial charge in [-0.25, -0.2) is 0 Å². The van der Waals surface area contributed by atoms with Crippen LogP contribution in [0.4, 0.5) is 0 Å². The van der Waals surface area contributed by atoms with Crippen molar-refractivity contribution in [2.75, 3.05) is 0 Å². The van der Waals surface area contributed by atoms with Gasteiger partial charge in [0, 0.05) is 16.2 Å². The minimum absolute atomic E-state index is 0.227. The molecule has 1 heterocycles. The second-order valence-corrected chi connectivity index (χ2v) is 4.73. The third-order valence-corrected chi connectivity index (χ3v) is 3.87. The van der Waals surface area contributed by atoms with E-state index in [1.165, 1.54) is 16.0 Å². The molecule has 12 heavy (non-hydrogen) atoms. The van der Waals surface area contributed by atoms with E-state index in [4.69, 9.17) is 5.73 Å². The lowest BCUT2D eigenvalue weighted by Crippen LogP contribution is -2.15. The van der Waals surface area contributed by atoms with Crippen LogP contribution < -0.4 is 5.73 Å². The van der Waals surface area contributed by atoms with Crippen LogP contribution in [-0.2, 0) is 0 Å². The fourth-order valence-corrected chi connectivity index (χ4v) is 2.87. The fourth-order valence-electron chi connectivity index (χ4n) is 1.61. The van der Waals surface area contributed by atoms with Gasteiger partial charge in [0.25, 0.3) is 0 Å². The van der Waals surface area contributed by atoms with Crippen molar-refractivity contribution in [2.45, 2.75) is 30.0 Å². The zero-order chi connectivity index (χ0) is 8.72. The molecule has 0 saturated carbocycles. The number of fused-ring (bicyclic) bond motifs is 1. The molecule has 1 nitrogen and oxygen atoms in total. The lowest BCUT2D eigenvalue weighted by Gasteiger charge is -2.07. The summed E-state index contributed by atoms with van der Waals surface area (Å²) in [4.78, 5) is 1.40. The minimum Gasteiger partial charge on any atom is -0.323 e. The van der Waals surface area contributed by atoms with Gasteiger partial charge in [0.05, 0.1) is 0 Å². The van der Waals surface area contributed by atoms with Crippen LogP contribution in [0.25, 0.3) is 0 Å². The Bertz CT molecular complexity index is 309. The first-order chi connectivity index (χ1) is 5.70. The van der Waals surface area contributed by atoms with Crippen molar-refractivity contribution in [2.24, 2.45) is 5.73 Å². The largest absolute Gasteiger partial charge is 0.323 e. The number of hydrogen-bond acceptors (Lipinski definition) is 2. The first-order valence-corrected chi connectivity index (χ1v) is 5.10. The summed E-state index contributed by atoms with van der Waals surface area (Å²) in [6.45, 7) is 4.34. The summed E-state index contributed by atoms with van der Waals surface area (Å²) in [5, 5.41) is 0.529. The molecule has 2 N–H and O–H groups in total. The summed E-state index contributed by atoms with van der Waals surface area (Å²) in [6, 6.07) is 6.61. The molecule has 64 valence electrons. The van der Waals surface area contributed by atoms with Crippen LogP contribution in [0.3, 0.4) is 0 Å². The second kappa shape index (κ2) is 2.79. The Hall–Kier alpha value is -0.470. The summed E-state index contributed by atoms with van der Waals surface area (Å²) >= 11 is 1.90. The van der Waals surface area contributed by atoms with Crippen molar-refractivity contribution >= 4 is 11.8 Å². The van der Waals surface area contributed by atoms with E-state index in [2.05, 4.69) is 32.0 Å². The first-order valence-electron chi connectivity index (χ1n) is 4.22. The molecule has 0 bridgehead atoms. The van der Waals surface area contributed by atoms with Crippen molar-refractivity contribution < 1.29 is 0 Å². The molecule has 2 unspecified atom stereocenters. The van der Waals surface area contributed by atoms with Crippen LogP contribution in [0.2, 0.25) is 0 Å². The highest BCUT2D eigenvalue weighted by atomic mass is 32.2. The summed E-state index contributed by atoms with van der Waals surface area (Å²) in [7, 11) is 0. The third-order valence-electron chi connectivity index (χ3n) is 2.41. The van der Waals surface area contributed by atoms with E-state index in [1.807, 2.05) is 11.8 Å². The van der Waals surface area contributed by atoms with Gasteiger partial charge in [0.1, 0.15) is 0 Å². The lowest BCUT2D eigenvalue weighted by atomic mass is 10.0. The molecule has 0 fully saturated rings. The molecule has 0 saturated heterocycles. The van der Waals surface area contributed by atoms with Crippen LogP contribution in [0.5, 0.6) is 0 Å². The quantitative estimate of drug-likeness (QED) is 0.662. The van der Waals surface area contributed by atoms with Gasteiger partial charge in [0.15, 0.2) is 0 Å². The van der Waals surface area contributed by atoms with E-state index in [0.717, 1.165) is 0 Å². The van der Waals surface area contributed by atoms with E-state index in [0.29, 0.717) is 5.25 Å². The maximum absolute atomic E-state index is 6.04. The molecule has 0 spiro atoms. The standard InChI is InChI=1S/C10H13NS/c1-6-4-3-5-8-9(11)7(2)12-10(6)8/h3-5,7,9H,11H2,1-2H3. The van der Waals surface area contributed by atoms with E-state index in [9.17, 15) is 0 Å². The molecular weight excluding hydrogens is 166 g/mol. The van der Waals surface area contributed by atoms with Gasteiger partial charge in [0.2, 0.25) is 0 Å². The zero-order valence-electron chi connectivity index (χ0n) is 7.37. The molecular formula is C10H13NS. The van der Waals surface area contributed by atoms with Crippen LogP contribution in [0, 0.1) is 6.92 Å². The van der Waals surface area contributed by atoms with Gasteiger partial charge < -0.3 is 5.73 Å². The monoisotopic (exact) mass is 179 g/mol. The number of benzene rings is 1. The predicted molar refractivity (Wildman–Crippen MR) is 53.4 cm³/mol. The average Bonchev–Trinajstić information content (AvgIpc) is 2.32. The third kappa shape index (κ3) is 1.06. The normalized spacial score (nSPS) is 27.2. The van der Waals surface area contributed by atoms with E-state index < -0.39 is 0 Å². The van der Waals surface area contributed by atoms with Crippen molar-refractivity contribution in [3.63, 3.8) is 0 Å². The SMILES string of the molecule is Cc1cccc2c1SC(C)C2N. The molecule has 2 atom stereocenters. The smallest absolute Gasteiger partial charge is 0.0427 e. The van der Waals surface area contributed by atoms with Gasteiger partial charge in [-0.15, -0.1) is 11.8 Å². The lowest BCUT2D eigenvalue weighted by molar-refractivity contribution is 0.724. The Kier molecular flexibility index (Phi) is 1.89. The van der Waals surface area contributed by atoms with Gasteiger partial charge in [-0.05, 0) is 18.1 Å². The Morgan fingerprint density at radius 3 is 2.83 bits per heavy atom.